The Balaban J connectivity index is 1.90. The van der Waals surface area contributed by atoms with E-state index in [0.717, 1.165) is 32.1 Å². The quantitative estimate of drug-likeness (QED) is 0.0275. The standard InChI is InChI=1S/C44H78O15/c1-3-5-7-9-11-13-15-16-17-19-21-23-25-27-36(47)57-32(29-54-35(46)26-24-22-20-18-14-12-10-8-6-4-2)30-55-43-42(53)40(51)38(49)34(59-43)31-56-44-41(52)39(50)37(48)33(28-45)58-44/h16-17,21,23,32-34,37-45,48-53H,3-15,18-20,22,24-31H2,1-2H3/b17-16+,23-21+/t32?,33-,34-,37+,38+,39?,40?,41?,42?,43-,44-/m1/s1. The molecule has 7 N–H and O–H groups in total. The lowest BCUT2D eigenvalue weighted by atomic mass is 9.98. The molecule has 0 aromatic heterocycles. The molecule has 0 aromatic rings. The molecule has 2 aliphatic rings. The maximum absolute atomic E-state index is 12.9. The van der Waals surface area contributed by atoms with Crippen molar-refractivity contribution in [1.29, 1.82) is 0 Å². The SMILES string of the molecule is CCCCCCCC/C=C/C/C=C/CCC(=O)OC(COC(=O)CCCCCCCCCCCC)CO[C@@H]1O[C@H](CO[C@@H]2O[C@H](CO)[C@H](O)C(O)C2O)[C@H](O)C(O)C1O. The van der Waals surface area contributed by atoms with E-state index < -0.39 is 99.3 Å². The topological polar surface area (TPSA) is 231 Å². The summed E-state index contributed by atoms with van der Waals surface area (Å²) >= 11 is 0. The summed E-state index contributed by atoms with van der Waals surface area (Å²) in [7, 11) is 0. The average molecular weight is 847 g/mol. The zero-order chi connectivity index (χ0) is 43.3. The Kier molecular flexibility index (Phi) is 29.4. The van der Waals surface area contributed by atoms with Crippen LogP contribution in [-0.4, -0.2) is 142 Å². The number of aliphatic hydroxyl groups is 7. The molecule has 5 unspecified atom stereocenters. The second kappa shape index (κ2) is 32.7. The normalized spacial score (nSPS) is 28.0. The van der Waals surface area contributed by atoms with Crippen molar-refractivity contribution in [2.75, 3.05) is 26.4 Å². The molecule has 2 saturated heterocycles. The van der Waals surface area contributed by atoms with Gasteiger partial charge in [-0.05, 0) is 32.1 Å². The summed E-state index contributed by atoms with van der Waals surface area (Å²) < 4.78 is 33.3. The van der Waals surface area contributed by atoms with E-state index >= 15 is 0 Å². The minimum absolute atomic E-state index is 0.0614. The molecule has 15 nitrogen and oxygen atoms in total. The van der Waals surface area contributed by atoms with Gasteiger partial charge in [-0.1, -0.05) is 128 Å². The largest absolute Gasteiger partial charge is 0.462 e. The Morgan fingerprint density at radius 1 is 0.542 bits per heavy atom. The third kappa shape index (κ3) is 22.1. The lowest BCUT2D eigenvalue weighted by molar-refractivity contribution is -0.332. The Bertz CT molecular complexity index is 1140. The van der Waals surface area contributed by atoms with E-state index in [9.17, 15) is 45.3 Å². The first kappa shape index (κ1) is 53.1. The van der Waals surface area contributed by atoms with E-state index in [4.69, 9.17) is 28.4 Å². The summed E-state index contributed by atoms with van der Waals surface area (Å²) in [5.74, 6) is -1.00. The second-order valence-corrected chi connectivity index (χ2v) is 15.9. The van der Waals surface area contributed by atoms with Crippen LogP contribution >= 0.6 is 0 Å². The summed E-state index contributed by atoms with van der Waals surface area (Å²) in [5, 5.41) is 71.7. The molecule has 0 bridgehead atoms. The summed E-state index contributed by atoms with van der Waals surface area (Å²) in [4.78, 5) is 25.5. The van der Waals surface area contributed by atoms with Gasteiger partial charge in [0.25, 0.3) is 0 Å². The van der Waals surface area contributed by atoms with Gasteiger partial charge in [-0.15, -0.1) is 0 Å². The Hall–Kier alpha value is -2.02. The molecule has 15 heteroatoms. The molecule has 0 radical (unpaired) electrons. The van der Waals surface area contributed by atoms with Crippen molar-refractivity contribution in [1.82, 2.24) is 0 Å². The van der Waals surface area contributed by atoms with Crippen LogP contribution in [0.3, 0.4) is 0 Å². The minimum atomic E-state index is -1.77. The maximum Gasteiger partial charge on any atom is 0.306 e. The number of allylic oxidation sites excluding steroid dienone is 4. The van der Waals surface area contributed by atoms with E-state index in [2.05, 4.69) is 26.0 Å². The van der Waals surface area contributed by atoms with E-state index in [1.165, 1.54) is 77.0 Å². The molecule has 0 aromatic carbocycles. The van der Waals surface area contributed by atoms with Crippen molar-refractivity contribution in [2.45, 2.75) is 216 Å². The highest BCUT2D eigenvalue weighted by atomic mass is 16.7. The highest BCUT2D eigenvalue weighted by Crippen LogP contribution is 2.26. The summed E-state index contributed by atoms with van der Waals surface area (Å²) in [6.07, 6.45) is 12.5. The van der Waals surface area contributed by atoms with Gasteiger partial charge in [0, 0.05) is 12.8 Å². The number of unbranched alkanes of at least 4 members (excludes halogenated alkanes) is 15. The van der Waals surface area contributed by atoms with Crippen molar-refractivity contribution in [3.8, 4) is 0 Å². The van der Waals surface area contributed by atoms with Crippen LogP contribution in [0.15, 0.2) is 24.3 Å². The van der Waals surface area contributed by atoms with Crippen LogP contribution in [0.5, 0.6) is 0 Å². The molecule has 0 amide bonds. The Morgan fingerprint density at radius 3 is 1.64 bits per heavy atom. The van der Waals surface area contributed by atoms with Crippen molar-refractivity contribution in [2.24, 2.45) is 0 Å². The van der Waals surface area contributed by atoms with E-state index in [0.29, 0.717) is 12.8 Å². The van der Waals surface area contributed by atoms with Crippen LogP contribution in [0.1, 0.15) is 149 Å². The van der Waals surface area contributed by atoms with Gasteiger partial charge in [-0.2, -0.15) is 0 Å². The first-order valence-corrected chi connectivity index (χ1v) is 22.4. The number of aliphatic hydroxyl groups excluding tert-OH is 7. The molecule has 2 heterocycles. The predicted octanol–water partition coefficient (Wildman–Crippen LogP) is 4.43. The predicted molar refractivity (Wildman–Crippen MR) is 220 cm³/mol. The monoisotopic (exact) mass is 847 g/mol. The van der Waals surface area contributed by atoms with Crippen molar-refractivity contribution >= 4 is 11.9 Å². The second-order valence-electron chi connectivity index (χ2n) is 15.9. The third-order valence-corrected chi connectivity index (χ3v) is 10.7. The average Bonchev–Trinajstić information content (AvgIpc) is 3.23. The van der Waals surface area contributed by atoms with Gasteiger partial charge in [-0.3, -0.25) is 9.59 Å². The maximum atomic E-state index is 12.9. The molecule has 0 aliphatic carbocycles. The number of carbonyl (C=O) groups excluding carboxylic acids is 2. The summed E-state index contributed by atoms with van der Waals surface area (Å²) in [5.41, 5.74) is 0. The Morgan fingerprint density at radius 2 is 1.05 bits per heavy atom. The van der Waals surface area contributed by atoms with Gasteiger partial charge in [0.1, 0.15) is 55.4 Å². The van der Waals surface area contributed by atoms with E-state index in [1.54, 1.807) is 0 Å². The van der Waals surface area contributed by atoms with Crippen molar-refractivity contribution in [3.05, 3.63) is 24.3 Å². The lowest BCUT2D eigenvalue weighted by Crippen LogP contribution is -2.61. The van der Waals surface area contributed by atoms with E-state index in [1.807, 2.05) is 12.2 Å². The van der Waals surface area contributed by atoms with Crippen LogP contribution in [0, 0.1) is 0 Å². The number of hydrogen-bond donors (Lipinski definition) is 7. The number of esters is 2. The molecule has 0 spiro atoms. The molecule has 59 heavy (non-hydrogen) atoms. The zero-order valence-electron chi connectivity index (χ0n) is 35.7. The van der Waals surface area contributed by atoms with Crippen LogP contribution in [0.2, 0.25) is 0 Å². The van der Waals surface area contributed by atoms with E-state index in [-0.39, 0.29) is 19.4 Å². The summed E-state index contributed by atoms with van der Waals surface area (Å²) in [6, 6.07) is 0. The molecule has 11 atom stereocenters. The van der Waals surface area contributed by atoms with Crippen LogP contribution in [0.25, 0.3) is 0 Å². The van der Waals surface area contributed by atoms with Gasteiger partial charge in [0.2, 0.25) is 0 Å². The molecule has 2 rings (SSSR count). The first-order chi connectivity index (χ1) is 28.5. The van der Waals surface area contributed by atoms with Gasteiger partial charge in [-0.25, -0.2) is 0 Å². The number of rotatable bonds is 33. The molecule has 2 aliphatic heterocycles. The first-order valence-electron chi connectivity index (χ1n) is 22.4. The van der Waals surface area contributed by atoms with Crippen LogP contribution in [0.4, 0.5) is 0 Å². The lowest BCUT2D eigenvalue weighted by Gasteiger charge is -2.42. The molecular formula is C44H78O15. The third-order valence-electron chi connectivity index (χ3n) is 10.7. The highest BCUT2D eigenvalue weighted by molar-refractivity contribution is 5.70. The smallest absolute Gasteiger partial charge is 0.306 e. The molecule has 0 saturated carbocycles. The van der Waals surface area contributed by atoms with Crippen LogP contribution < -0.4 is 0 Å². The fraction of sp³-hybridized carbons (Fsp3) is 0.864. The fourth-order valence-electron chi connectivity index (χ4n) is 6.92. The minimum Gasteiger partial charge on any atom is -0.462 e. The van der Waals surface area contributed by atoms with Gasteiger partial charge in [0.05, 0.1) is 19.8 Å². The Labute approximate surface area is 352 Å². The molecular weight excluding hydrogens is 768 g/mol. The fourth-order valence-corrected chi connectivity index (χ4v) is 6.92. The van der Waals surface area contributed by atoms with Gasteiger partial charge in [0.15, 0.2) is 18.7 Å². The van der Waals surface area contributed by atoms with Gasteiger partial charge >= 0.3 is 11.9 Å². The number of ether oxygens (including phenoxy) is 6. The number of carbonyl (C=O) groups is 2. The zero-order valence-corrected chi connectivity index (χ0v) is 35.7. The molecule has 2 fully saturated rings. The van der Waals surface area contributed by atoms with Crippen LogP contribution in [-0.2, 0) is 38.0 Å². The highest BCUT2D eigenvalue weighted by Gasteiger charge is 2.47. The van der Waals surface area contributed by atoms with Crippen molar-refractivity contribution < 1.29 is 73.8 Å². The molecule has 344 valence electrons. The number of hydrogen-bond acceptors (Lipinski definition) is 15. The van der Waals surface area contributed by atoms with Crippen molar-refractivity contribution in [3.63, 3.8) is 0 Å². The van der Waals surface area contributed by atoms with Gasteiger partial charge < -0.3 is 64.2 Å². The summed E-state index contributed by atoms with van der Waals surface area (Å²) in [6.45, 7) is 2.48.